The number of ether oxygens (including phenoxy) is 1. The van der Waals surface area contributed by atoms with Crippen molar-refractivity contribution >= 4 is 5.97 Å². The Morgan fingerprint density at radius 1 is 1.53 bits per heavy atom. The number of hydrogen-bond acceptors (Lipinski definition) is 8. The summed E-state index contributed by atoms with van der Waals surface area (Å²) in [4.78, 5) is 14.9. The molecule has 1 unspecified atom stereocenters. The van der Waals surface area contributed by atoms with Crippen molar-refractivity contribution < 1.29 is 19.5 Å². The Labute approximate surface area is 113 Å². The van der Waals surface area contributed by atoms with Crippen molar-refractivity contribution in [3.63, 3.8) is 0 Å². The Morgan fingerprint density at radius 3 is 2.53 bits per heavy atom. The highest BCUT2D eigenvalue weighted by Crippen LogP contribution is 2.14. The zero-order valence-electron chi connectivity index (χ0n) is 11.9. The number of carbonyl (C=O) groups is 1. The van der Waals surface area contributed by atoms with Crippen LogP contribution in [0.2, 0.25) is 0 Å². The van der Waals surface area contributed by atoms with E-state index >= 15 is 0 Å². The molecule has 8 heteroatoms. The molecule has 1 aliphatic rings. The van der Waals surface area contributed by atoms with Crippen LogP contribution in [0.4, 0.5) is 0 Å². The van der Waals surface area contributed by atoms with E-state index in [1.54, 1.807) is 20.8 Å². The Morgan fingerprint density at radius 2 is 2.16 bits per heavy atom. The quantitative estimate of drug-likeness (QED) is 0.229. The molecular weight excluding hydrogens is 252 g/mol. The molecule has 0 aromatic carbocycles. The van der Waals surface area contributed by atoms with Gasteiger partial charge in [-0.15, -0.1) is 0 Å². The van der Waals surface area contributed by atoms with Gasteiger partial charge in [-0.05, 0) is 33.6 Å². The predicted octanol–water partition coefficient (Wildman–Crippen LogP) is -0.755. The highest BCUT2D eigenvalue weighted by Gasteiger charge is 2.23. The summed E-state index contributed by atoms with van der Waals surface area (Å²) in [6, 6.07) is 0.231. The van der Waals surface area contributed by atoms with E-state index in [0.717, 1.165) is 19.4 Å². The second-order valence-electron chi connectivity index (χ2n) is 5.27. The van der Waals surface area contributed by atoms with E-state index in [9.17, 15) is 4.79 Å². The summed E-state index contributed by atoms with van der Waals surface area (Å²) in [5, 5.41) is 10.6. The zero-order valence-corrected chi connectivity index (χ0v) is 11.9. The van der Waals surface area contributed by atoms with Crippen LogP contribution in [0.15, 0.2) is 0 Å². The van der Waals surface area contributed by atoms with Gasteiger partial charge in [-0.25, -0.2) is 10.9 Å². The standard InChI is InChI=1S/C6H13NO3.C5H13N3O/c1-6(2,3)5(8)9-4-10-7;6-7-8-3-1-2-5(8)4-9/h4,7H2,1-3H3;5,7,9H,1-4,6H2. The van der Waals surface area contributed by atoms with Crippen molar-refractivity contribution in [2.24, 2.45) is 17.2 Å². The van der Waals surface area contributed by atoms with Crippen LogP contribution in [0, 0.1) is 5.41 Å². The van der Waals surface area contributed by atoms with Gasteiger partial charge in [0.2, 0.25) is 6.79 Å². The van der Waals surface area contributed by atoms with Crippen LogP contribution in [-0.2, 0) is 14.4 Å². The van der Waals surface area contributed by atoms with Gasteiger partial charge < -0.3 is 9.84 Å². The fourth-order valence-corrected chi connectivity index (χ4v) is 1.50. The van der Waals surface area contributed by atoms with Crippen molar-refractivity contribution in [2.75, 3.05) is 19.9 Å². The average molecular weight is 278 g/mol. The maximum Gasteiger partial charge on any atom is 0.313 e. The molecule has 1 atom stereocenters. The fraction of sp³-hybridized carbons (Fsp3) is 0.909. The lowest BCUT2D eigenvalue weighted by atomic mass is 9.98. The number of hydrazine groups is 2. The minimum Gasteiger partial charge on any atom is -0.436 e. The van der Waals surface area contributed by atoms with Gasteiger partial charge in [-0.3, -0.25) is 15.5 Å². The molecule has 0 bridgehead atoms. The number of carbonyl (C=O) groups excluding carboxylic acids is 1. The molecule has 0 aliphatic carbocycles. The van der Waals surface area contributed by atoms with Crippen LogP contribution in [0.1, 0.15) is 33.6 Å². The van der Waals surface area contributed by atoms with Crippen LogP contribution in [-0.4, -0.2) is 42.1 Å². The van der Waals surface area contributed by atoms with E-state index in [1.807, 2.05) is 5.01 Å². The molecule has 0 aromatic rings. The lowest BCUT2D eigenvalue weighted by Crippen LogP contribution is -2.47. The summed E-state index contributed by atoms with van der Waals surface area (Å²) in [6.45, 7) is 6.23. The van der Waals surface area contributed by atoms with Crippen LogP contribution >= 0.6 is 0 Å². The molecular formula is C11H26N4O4. The molecule has 0 radical (unpaired) electrons. The summed E-state index contributed by atoms with van der Waals surface area (Å²) in [7, 11) is 0. The highest BCUT2D eigenvalue weighted by molar-refractivity contribution is 5.75. The fourth-order valence-electron chi connectivity index (χ4n) is 1.50. The van der Waals surface area contributed by atoms with Gasteiger partial charge in [0, 0.05) is 12.6 Å². The molecule has 1 heterocycles. The molecule has 1 aliphatic heterocycles. The first kappa shape index (κ1) is 18.2. The topological polar surface area (TPSA) is 123 Å². The Bertz CT molecular complexity index is 248. The molecule has 0 saturated carbocycles. The number of aliphatic hydroxyl groups is 1. The maximum absolute atomic E-state index is 10.9. The third-order valence-electron chi connectivity index (χ3n) is 2.62. The minimum absolute atomic E-state index is 0.184. The van der Waals surface area contributed by atoms with Gasteiger partial charge in [-0.2, -0.15) is 5.53 Å². The summed E-state index contributed by atoms with van der Waals surface area (Å²) in [6.07, 6.45) is 2.16. The lowest BCUT2D eigenvalue weighted by molar-refractivity contribution is -0.166. The van der Waals surface area contributed by atoms with Crippen molar-refractivity contribution in [3.8, 4) is 0 Å². The second kappa shape index (κ2) is 9.18. The molecule has 0 aromatic heterocycles. The maximum atomic E-state index is 10.9. The third kappa shape index (κ3) is 7.41. The molecule has 1 rings (SSSR count). The normalized spacial score (nSPS) is 19.8. The first-order chi connectivity index (χ1) is 8.86. The predicted molar refractivity (Wildman–Crippen MR) is 69.8 cm³/mol. The number of aliphatic hydroxyl groups excluding tert-OH is 1. The van der Waals surface area contributed by atoms with Crippen molar-refractivity contribution in [1.29, 1.82) is 0 Å². The summed E-state index contributed by atoms with van der Waals surface area (Å²) >= 11 is 0. The molecule has 1 fully saturated rings. The van der Waals surface area contributed by atoms with Gasteiger partial charge in [-0.1, -0.05) is 0 Å². The highest BCUT2D eigenvalue weighted by atomic mass is 16.7. The number of nitrogens with two attached hydrogens (primary N) is 2. The van der Waals surface area contributed by atoms with Crippen molar-refractivity contribution in [2.45, 2.75) is 39.7 Å². The Kier molecular flexibility index (Phi) is 8.81. The molecule has 19 heavy (non-hydrogen) atoms. The number of esters is 1. The summed E-state index contributed by atoms with van der Waals surface area (Å²) < 4.78 is 4.57. The minimum atomic E-state index is -0.488. The van der Waals surface area contributed by atoms with Gasteiger partial charge in [0.25, 0.3) is 0 Å². The lowest BCUT2D eigenvalue weighted by Gasteiger charge is -2.19. The molecule has 6 N–H and O–H groups in total. The van der Waals surface area contributed by atoms with E-state index in [4.69, 9.17) is 10.9 Å². The largest absolute Gasteiger partial charge is 0.436 e. The molecule has 8 nitrogen and oxygen atoms in total. The number of nitrogens with zero attached hydrogens (tertiary/aromatic N) is 1. The molecule has 114 valence electrons. The van der Waals surface area contributed by atoms with E-state index in [-0.39, 0.29) is 25.4 Å². The second-order valence-corrected chi connectivity index (χ2v) is 5.27. The monoisotopic (exact) mass is 278 g/mol. The molecule has 1 saturated heterocycles. The molecule has 0 spiro atoms. The SMILES string of the molecule is CC(C)(C)C(=O)OCON.NNN1CCCC1CO. The number of rotatable bonds is 4. The first-order valence-electron chi connectivity index (χ1n) is 6.19. The molecule has 0 amide bonds. The number of hydrogen-bond donors (Lipinski definition) is 4. The van der Waals surface area contributed by atoms with Crippen molar-refractivity contribution in [1.82, 2.24) is 10.5 Å². The Hall–Kier alpha value is -0.770. The van der Waals surface area contributed by atoms with E-state index < -0.39 is 5.41 Å². The van der Waals surface area contributed by atoms with Gasteiger partial charge in [0.1, 0.15) is 0 Å². The van der Waals surface area contributed by atoms with E-state index in [1.165, 1.54) is 0 Å². The van der Waals surface area contributed by atoms with Crippen LogP contribution in [0.5, 0.6) is 0 Å². The van der Waals surface area contributed by atoms with Gasteiger partial charge in [0.05, 0.1) is 12.0 Å². The van der Waals surface area contributed by atoms with E-state index in [2.05, 4.69) is 21.0 Å². The zero-order chi connectivity index (χ0) is 14.9. The van der Waals surface area contributed by atoms with E-state index in [0.29, 0.717) is 0 Å². The Balaban J connectivity index is 0.000000342. The van der Waals surface area contributed by atoms with Crippen LogP contribution < -0.4 is 17.3 Å². The van der Waals surface area contributed by atoms with Gasteiger partial charge >= 0.3 is 5.97 Å². The van der Waals surface area contributed by atoms with Crippen LogP contribution in [0.25, 0.3) is 0 Å². The smallest absolute Gasteiger partial charge is 0.313 e. The van der Waals surface area contributed by atoms with Crippen LogP contribution in [0.3, 0.4) is 0 Å². The third-order valence-corrected chi connectivity index (χ3v) is 2.62. The summed E-state index contributed by atoms with van der Waals surface area (Å²) in [5.74, 6) is 9.49. The average Bonchev–Trinajstić information content (AvgIpc) is 2.82. The van der Waals surface area contributed by atoms with Crippen molar-refractivity contribution in [3.05, 3.63) is 0 Å². The summed E-state index contributed by atoms with van der Waals surface area (Å²) in [5.41, 5.74) is 2.05. The van der Waals surface area contributed by atoms with Gasteiger partial charge in [0.15, 0.2) is 0 Å². The number of nitrogens with one attached hydrogen (secondary N) is 1. The first-order valence-corrected chi connectivity index (χ1v) is 6.19.